The lowest BCUT2D eigenvalue weighted by Gasteiger charge is -2.09. The van der Waals surface area contributed by atoms with Crippen LogP contribution in [0.1, 0.15) is 18.5 Å². The lowest BCUT2D eigenvalue weighted by atomic mass is 10.2. The van der Waals surface area contributed by atoms with Gasteiger partial charge >= 0.3 is 5.76 Å². The highest BCUT2D eigenvalue weighted by Crippen LogP contribution is 2.22. The Hall–Kier alpha value is -3.92. The number of nitro benzene ring substituents is 1. The molecule has 32 heavy (non-hydrogen) atoms. The van der Waals surface area contributed by atoms with Crippen molar-refractivity contribution in [1.82, 2.24) is 14.3 Å². The van der Waals surface area contributed by atoms with Gasteiger partial charge in [-0.2, -0.15) is 5.10 Å². The number of amides is 1. The van der Waals surface area contributed by atoms with Gasteiger partial charge in [0.1, 0.15) is 5.82 Å². The van der Waals surface area contributed by atoms with Gasteiger partial charge in [-0.05, 0) is 37.6 Å². The third-order valence-electron chi connectivity index (χ3n) is 4.80. The van der Waals surface area contributed by atoms with Crippen LogP contribution in [0.4, 0.5) is 11.5 Å². The predicted octanol–water partition coefficient (Wildman–Crippen LogP) is 4.07. The molecule has 1 amide bonds. The lowest BCUT2D eigenvalue weighted by molar-refractivity contribution is -0.384. The van der Waals surface area contributed by atoms with Crippen molar-refractivity contribution in [2.75, 3.05) is 5.32 Å². The number of nitro groups is 1. The molecule has 164 valence electrons. The number of nitrogens with one attached hydrogen (secondary N) is 1. The molecule has 2 aromatic carbocycles. The first-order valence-electron chi connectivity index (χ1n) is 9.72. The van der Waals surface area contributed by atoms with Crippen molar-refractivity contribution in [1.29, 1.82) is 0 Å². The normalized spacial score (nSPS) is 11.1. The summed E-state index contributed by atoms with van der Waals surface area (Å²) in [5, 5.41) is 18.7. The number of carbonyl (C=O) groups excluding carboxylic acids is 1. The number of hydrogen-bond donors (Lipinski definition) is 1. The van der Waals surface area contributed by atoms with Crippen molar-refractivity contribution in [3.63, 3.8) is 0 Å². The lowest BCUT2D eigenvalue weighted by Crippen LogP contribution is -2.18. The summed E-state index contributed by atoms with van der Waals surface area (Å²) in [7, 11) is 0. The first kappa shape index (κ1) is 21.3. The van der Waals surface area contributed by atoms with Crippen molar-refractivity contribution in [3.8, 4) is 5.69 Å². The Labute approximate surface area is 186 Å². The molecular weight excluding hydrogens is 438 g/mol. The summed E-state index contributed by atoms with van der Waals surface area (Å²) < 4.78 is 8.05. The topological polar surface area (TPSA) is 125 Å². The van der Waals surface area contributed by atoms with Gasteiger partial charge in [-0.15, -0.1) is 0 Å². The zero-order valence-corrected chi connectivity index (χ0v) is 17.7. The number of aromatic nitrogens is 3. The zero-order valence-electron chi connectivity index (χ0n) is 16.9. The number of oxazole rings is 1. The summed E-state index contributed by atoms with van der Waals surface area (Å²) in [4.78, 5) is 35.0. The summed E-state index contributed by atoms with van der Waals surface area (Å²) in [6.45, 7) is 2.04. The minimum Gasteiger partial charge on any atom is -0.407 e. The van der Waals surface area contributed by atoms with E-state index < -0.39 is 10.7 Å². The number of nitrogens with zero attached hydrogens (tertiary/aromatic N) is 4. The number of aryl methyl sites for hydroxylation is 2. The third-order valence-corrected chi connectivity index (χ3v) is 5.04. The highest BCUT2D eigenvalue weighted by atomic mass is 35.5. The molecule has 2 aromatic heterocycles. The van der Waals surface area contributed by atoms with Crippen LogP contribution in [0, 0.1) is 17.0 Å². The van der Waals surface area contributed by atoms with Crippen LogP contribution >= 0.6 is 11.6 Å². The fourth-order valence-corrected chi connectivity index (χ4v) is 3.56. The molecule has 0 bridgehead atoms. The van der Waals surface area contributed by atoms with E-state index in [9.17, 15) is 19.7 Å². The van der Waals surface area contributed by atoms with E-state index in [0.29, 0.717) is 28.5 Å². The summed E-state index contributed by atoms with van der Waals surface area (Å²) >= 11 is 6.06. The van der Waals surface area contributed by atoms with Gasteiger partial charge in [0.15, 0.2) is 5.58 Å². The van der Waals surface area contributed by atoms with E-state index in [1.165, 1.54) is 22.8 Å². The molecule has 0 fully saturated rings. The molecule has 0 spiro atoms. The number of fused-ring (bicyclic) bond motifs is 1. The van der Waals surface area contributed by atoms with E-state index in [2.05, 4.69) is 10.4 Å². The largest absolute Gasteiger partial charge is 0.419 e. The number of benzene rings is 2. The quantitative estimate of drug-likeness (QED) is 0.330. The zero-order chi connectivity index (χ0) is 22.8. The van der Waals surface area contributed by atoms with E-state index >= 15 is 0 Å². The predicted molar refractivity (Wildman–Crippen MR) is 118 cm³/mol. The molecule has 1 N–H and O–H groups in total. The minimum absolute atomic E-state index is 0.134. The monoisotopic (exact) mass is 455 g/mol. The number of rotatable bonds is 7. The van der Waals surface area contributed by atoms with Crippen molar-refractivity contribution in [2.24, 2.45) is 0 Å². The number of carbonyl (C=O) groups is 1. The number of hydrogen-bond acceptors (Lipinski definition) is 6. The van der Waals surface area contributed by atoms with E-state index in [-0.39, 0.29) is 30.1 Å². The van der Waals surface area contributed by atoms with Gasteiger partial charge in [-0.1, -0.05) is 17.7 Å². The van der Waals surface area contributed by atoms with Crippen molar-refractivity contribution in [3.05, 3.63) is 79.9 Å². The Bertz CT molecular complexity index is 1390. The van der Waals surface area contributed by atoms with Crippen LogP contribution in [0.25, 0.3) is 16.8 Å². The minimum atomic E-state index is -0.629. The average Bonchev–Trinajstić information content (AvgIpc) is 3.26. The van der Waals surface area contributed by atoms with Gasteiger partial charge < -0.3 is 9.73 Å². The molecule has 0 aliphatic heterocycles. The van der Waals surface area contributed by atoms with Crippen LogP contribution in [0.2, 0.25) is 5.02 Å². The second-order valence-electron chi connectivity index (χ2n) is 7.14. The van der Waals surface area contributed by atoms with Crippen LogP contribution in [0.15, 0.2) is 57.7 Å². The second-order valence-corrected chi connectivity index (χ2v) is 7.58. The van der Waals surface area contributed by atoms with Crippen molar-refractivity contribution >= 4 is 40.1 Å². The molecule has 4 aromatic rings. The molecule has 0 atom stereocenters. The molecule has 4 rings (SSSR count). The van der Waals surface area contributed by atoms with E-state index in [1.807, 2.05) is 13.0 Å². The van der Waals surface area contributed by atoms with E-state index in [4.69, 9.17) is 16.0 Å². The number of halogens is 1. The SMILES string of the molecule is Cc1cc(NC(=O)CCCn2c(=O)oc3cc([N+](=O)[O-])ccc32)n(-c2cccc(Cl)c2)n1. The highest BCUT2D eigenvalue weighted by Gasteiger charge is 2.15. The maximum atomic E-state index is 12.5. The Kier molecular flexibility index (Phi) is 5.78. The van der Waals surface area contributed by atoms with Crippen molar-refractivity contribution < 1.29 is 14.1 Å². The maximum absolute atomic E-state index is 12.5. The molecular formula is C21H18ClN5O5. The second kappa shape index (κ2) is 8.67. The molecule has 0 radical (unpaired) electrons. The fourth-order valence-electron chi connectivity index (χ4n) is 3.38. The number of non-ortho nitro benzene ring substituents is 1. The molecule has 0 saturated heterocycles. The molecule has 0 unspecified atom stereocenters. The van der Waals surface area contributed by atoms with Gasteiger partial charge in [0.25, 0.3) is 5.69 Å². The summed E-state index contributed by atoms with van der Waals surface area (Å²) in [5.74, 6) is -0.367. The van der Waals surface area contributed by atoms with Gasteiger partial charge in [-0.3, -0.25) is 19.5 Å². The summed E-state index contributed by atoms with van der Waals surface area (Å²) in [6, 6.07) is 12.8. The Morgan fingerprint density at radius 1 is 1.25 bits per heavy atom. The highest BCUT2D eigenvalue weighted by molar-refractivity contribution is 6.30. The molecule has 10 nitrogen and oxygen atoms in total. The standard InChI is InChI=1S/C21H18ClN5O5/c1-13-10-19(26(24-13)15-5-2-4-14(22)11-15)23-20(28)6-3-9-25-17-8-7-16(27(30)31)12-18(17)32-21(25)29/h2,4-5,7-8,10-12H,3,6,9H2,1H3,(H,23,28). The third kappa shape index (κ3) is 4.40. The summed E-state index contributed by atoms with van der Waals surface area (Å²) in [6.07, 6.45) is 0.507. The van der Waals surface area contributed by atoms with Crippen LogP contribution in [0.5, 0.6) is 0 Å². The summed E-state index contributed by atoms with van der Waals surface area (Å²) in [5.41, 5.74) is 1.85. The molecule has 2 heterocycles. The van der Waals surface area contributed by atoms with Gasteiger partial charge in [0, 0.05) is 30.1 Å². The van der Waals surface area contributed by atoms with Crippen LogP contribution in [-0.4, -0.2) is 25.2 Å². The molecule has 0 saturated carbocycles. The fraction of sp³-hybridized carbons (Fsp3) is 0.190. The van der Waals surface area contributed by atoms with Crippen LogP contribution < -0.4 is 11.1 Å². The van der Waals surface area contributed by atoms with Crippen LogP contribution in [0.3, 0.4) is 0 Å². The first-order valence-corrected chi connectivity index (χ1v) is 10.1. The first-order chi connectivity index (χ1) is 15.3. The van der Waals surface area contributed by atoms with Crippen LogP contribution in [-0.2, 0) is 11.3 Å². The van der Waals surface area contributed by atoms with Crippen molar-refractivity contribution in [2.45, 2.75) is 26.3 Å². The van der Waals surface area contributed by atoms with Gasteiger partial charge in [0.05, 0.1) is 27.9 Å². The van der Waals surface area contributed by atoms with E-state index in [1.54, 1.807) is 28.9 Å². The van der Waals surface area contributed by atoms with E-state index in [0.717, 1.165) is 5.69 Å². The smallest absolute Gasteiger partial charge is 0.407 e. The van der Waals surface area contributed by atoms with Gasteiger partial charge in [0.2, 0.25) is 5.91 Å². The van der Waals surface area contributed by atoms with Gasteiger partial charge in [-0.25, -0.2) is 9.48 Å². The molecule has 0 aliphatic carbocycles. The maximum Gasteiger partial charge on any atom is 0.419 e. The molecule has 0 aliphatic rings. The number of anilines is 1. The Morgan fingerprint density at radius 3 is 2.81 bits per heavy atom. The molecule has 11 heteroatoms. The Morgan fingerprint density at radius 2 is 2.06 bits per heavy atom. The average molecular weight is 456 g/mol. The Balaban J connectivity index is 1.43.